The summed E-state index contributed by atoms with van der Waals surface area (Å²) in [7, 11) is 0. The Morgan fingerprint density at radius 1 is 1.38 bits per heavy atom. The Bertz CT molecular complexity index is 1240. The van der Waals surface area contributed by atoms with Crippen LogP contribution in [0.15, 0.2) is 36.2 Å². The maximum atomic E-state index is 12.5. The summed E-state index contributed by atoms with van der Waals surface area (Å²) in [5.41, 5.74) is 2.30. The average molecular weight is 410 g/mol. The van der Waals surface area contributed by atoms with E-state index >= 15 is 0 Å². The van der Waals surface area contributed by atoms with Gasteiger partial charge in [0.2, 0.25) is 0 Å². The van der Waals surface area contributed by atoms with Crippen molar-refractivity contribution in [2.24, 2.45) is 0 Å². The maximum absolute atomic E-state index is 12.5. The lowest BCUT2D eigenvalue weighted by Crippen LogP contribution is -2.25. The predicted molar refractivity (Wildman–Crippen MR) is 113 cm³/mol. The smallest absolute Gasteiger partial charge is 0.262 e. The number of fused-ring (bicyclic) bond motifs is 2. The number of aromatic nitrogens is 2. The molecule has 0 saturated heterocycles. The molecule has 1 aliphatic rings. The van der Waals surface area contributed by atoms with Crippen LogP contribution < -0.4 is 20.9 Å². The zero-order valence-corrected chi connectivity index (χ0v) is 16.4. The lowest BCUT2D eigenvalue weighted by molar-refractivity contribution is -0.118. The van der Waals surface area contributed by atoms with Crippen molar-refractivity contribution in [1.82, 2.24) is 15.3 Å². The fourth-order valence-corrected chi connectivity index (χ4v) is 4.15. The Morgan fingerprint density at radius 2 is 2.17 bits per heavy atom. The van der Waals surface area contributed by atoms with Gasteiger partial charge in [-0.25, -0.2) is 4.98 Å². The molecule has 1 amide bonds. The molecule has 4 rings (SSSR count). The summed E-state index contributed by atoms with van der Waals surface area (Å²) in [4.78, 5) is 32.2. The van der Waals surface area contributed by atoms with Crippen LogP contribution in [-0.2, 0) is 11.3 Å². The quantitative estimate of drug-likeness (QED) is 0.481. The molecule has 9 heteroatoms. The lowest BCUT2D eigenvalue weighted by Gasteiger charge is -2.18. The van der Waals surface area contributed by atoms with Crippen LogP contribution in [0.5, 0.6) is 5.75 Å². The fraction of sp³-hybridized carbons (Fsp3) is 0.150. The second-order valence-corrected chi connectivity index (χ2v) is 7.60. The minimum absolute atomic E-state index is 0.0104. The van der Waals surface area contributed by atoms with Gasteiger partial charge in [-0.3, -0.25) is 9.59 Å². The zero-order valence-electron chi connectivity index (χ0n) is 15.6. The van der Waals surface area contributed by atoms with Crippen molar-refractivity contribution in [1.29, 1.82) is 0 Å². The van der Waals surface area contributed by atoms with Gasteiger partial charge in [0, 0.05) is 6.54 Å². The third-order valence-corrected chi connectivity index (χ3v) is 5.77. The lowest BCUT2D eigenvalue weighted by atomic mass is 10.1. The minimum Gasteiger partial charge on any atom is -0.507 e. The molecule has 0 atom stereocenters. The molecule has 1 aliphatic heterocycles. The molecule has 3 heterocycles. The van der Waals surface area contributed by atoms with E-state index < -0.39 is 0 Å². The van der Waals surface area contributed by atoms with Gasteiger partial charge >= 0.3 is 0 Å². The van der Waals surface area contributed by atoms with E-state index in [1.807, 2.05) is 12.1 Å². The topological polar surface area (TPSA) is 116 Å². The largest absolute Gasteiger partial charge is 0.507 e. The fourth-order valence-electron chi connectivity index (χ4n) is 3.09. The van der Waals surface area contributed by atoms with Gasteiger partial charge in [-0.15, -0.1) is 11.3 Å². The van der Waals surface area contributed by atoms with Crippen LogP contribution in [0.3, 0.4) is 0 Å². The van der Waals surface area contributed by atoms with E-state index in [4.69, 9.17) is 4.74 Å². The molecule has 1 aromatic carbocycles. The van der Waals surface area contributed by atoms with E-state index in [2.05, 4.69) is 33.8 Å². The summed E-state index contributed by atoms with van der Waals surface area (Å²) in [5.74, 6) is 0.650. The Kier molecular flexibility index (Phi) is 4.59. The normalized spacial score (nSPS) is 12.8. The third-order valence-electron chi connectivity index (χ3n) is 4.53. The standard InChI is InChI=1S/C20H18N4O4S/c1-9-16-19(27)23-18(24-20(16)29-17(9)11(3)25)10(2)21-7-12-4-5-14-13(6-12)22-15(26)8-28-14/h4-6,21,25H,2-3,7-8H2,1H3,(H,22,26)(H,23,24,27). The number of hydrogen-bond donors (Lipinski definition) is 4. The van der Waals surface area contributed by atoms with E-state index in [1.165, 1.54) is 11.3 Å². The SMILES string of the molecule is C=C(NCc1ccc2c(c1)NC(=O)CO2)c1nc2sc(C(=C)O)c(C)c2c(=O)[nH]1. The first kappa shape index (κ1) is 18.8. The van der Waals surface area contributed by atoms with Gasteiger partial charge in [-0.1, -0.05) is 19.2 Å². The summed E-state index contributed by atoms with van der Waals surface area (Å²) in [6.07, 6.45) is 0. The van der Waals surface area contributed by atoms with Gasteiger partial charge in [-0.05, 0) is 30.2 Å². The molecule has 4 N–H and O–H groups in total. The van der Waals surface area contributed by atoms with Crippen molar-refractivity contribution in [3.63, 3.8) is 0 Å². The van der Waals surface area contributed by atoms with Gasteiger partial charge in [0.05, 0.1) is 21.6 Å². The summed E-state index contributed by atoms with van der Waals surface area (Å²) in [6, 6.07) is 5.48. The Labute approximate surface area is 169 Å². The Hall–Kier alpha value is -3.59. The maximum Gasteiger partial charge on any atom is 0.262 e. The van der Waals surface area contributed by atoms with E-state index in [9.17, 15) is 14.7 Å². The highest BCUT2D eigenvalue weighted by Gasteiger charge is 2.18. The molecule has 0 bridgehead atoms. The van der Waals surface area contributed by atoms with Crippen LogP contribution in [0.4, 0.5) is 5.69 Å². The molecule has 0 spiro atoms. The average Bonchev–Trinajstić information content (AvgIpc) is 3.03. The molecular formula is C20H18N4O4S. The number of amides is 1. The number of aromatic amines is 1. The summed E-state index contributed by atoms with van der Waals surface area (Å²) in [5, 5.41) is 16.0. The van der Waals surface area contributed by atoms with Crippen LogP contribution in [0.2, 0.25) is 0 Å². The number of H-pyrrole nitrogens is 1. The van der Waals surface area contributed by atoms with Crippen LogP contribution in [0.25, 0.3) is 21.7 Å². The molecule has 29 heavy (non-hydrogen) atoms. The monoisotopic (exact) mass is 410 g/mol. The van der Waals surface area contributed by atoms with Crippen molar-refractivity contribution >= 4 is 44.6 Å². The highest BCUT2D eigenvalue weighted by molar-refractivity contribution is 7.19. The molecule has 0 radical (unpaired) electrons. The van der Waals surface area contributed by atoms with Gasteiger partial charge in [0.15, 0.2) is 12.4 Å². The van der Waals surface area contributed by atoms with Crippen molar-refractivity contribution in [2.45, 2.75) is 13.5 Å². The van der Waals surface area contributed by atoms with Gasteiger partial charge < -0.3 is 25.5 Å². The van der Waals surface area contributed by atoms with E-state index in [1.54, 1.807) is 13.0 Å². The first-order chi connectivity index (χ1) is 13.8. The number of nitrogens with one attached hydrogen (secondary N) is 3. The Balaban J connectivity index is 1.55. The molecule has 148 valence electrons. The number of thiophene rings is 1. The van der Waals surface area contributed by atoms with Crippen molar-refractivity contribution < 1.29 is 14.6 Å². The number of carbonyl (C=O) groups is 1. The number of nitrogens with zero attached hydrogens (tertiary/aromatic N) is 1. The first-order valence-corrected chi connectivity index (χ1v) is 9.55. The number of carbonyl (C=O) groups excluding carboxylic acids is 1. The molecule has 0 aliphatic carbocycles. The van der Waals surface area contributed by atoms with Crippen molar-refractivity contribution in [2.75, 3.05) is 11.9 Å². The molecule has 8 nitrogen and oxygen atoms in total. The molecule has 0 saturated carbocycles. The number of ether oxygens (including phenoxy) is 1. The second-order valence-electron chi connectivity index (χ2n) is 6.60. The highest BCUT2D eigenvalue weighted by Crippen LogP contribution is 2.31. The van der Waals surface area contributed by atoms with Gasteiger partial charge in [0.1, 0.15) is 16.3 Å². The Morgan fingerprint density at radius 3 is 2.93 bits per heavy atom. The number of aryl methyl sites for hydroxylation is 1. The molecule has 0 unspecified atom stereocenters. The number of aliphatic hydroxyl groups excluding tert-OH is 1. The molecule has 0 fully saturated rings. The van der Waals surface area contributed by atoms with Crippen LogP contribution in [0.1, 0.15) is 21.8 Å². The third kappa shape index (κ3) is 3.47. The molecular weight excluding hydrogens is 392 g/mol. The number of rotatable bonds is 5. The first-order valence-electron chi connectivity index (χ1n) is 8.74. The van der Waals surface area contributed by atoms with Crippen LogP contribution >= 0.6 is 11.3 Å². The van der Waals surface area contributed by atoms with E-state index in [0.717, 1.165) is 5.56 Å². The number of anilines is 1. The molecule has 2 aromatic heterocycles. The minimum atomic E-state index is -0.303. The second kappa shape index (κ2) is 7.10. The van der Waals surface area contributed by atoms with Gasteiger partial charge in [-0.2, -0.15) is 0 Å². The summed E-state index contributed by atoms with van der Waals surface area (Å²) >= 11 is 1.20. The van der Waals surface area contributed by atoms with Crippen LogP contribution in [-0.4, -0.2) is 27.6 Å². The van der Waals surface area contributed by atoms with Gasteiger partial charge in [0.25, 0.3) is 11.5 Å². The highest BCUT2D eigenvalue weighted by atomic mass is 32.1. The predicted octanol–water partition coefficient (Wildman–Crippen LogP) is 2.91. The van der Waals surface area contributed by atoms with Crippen molar-refractivity contribution in [3.8, 4) is 5.75 Å². The van der Waals surface area contributed by atoms with E-state index in [0.29, 0.717) is 50.2 Å². The molecule has 3 aromatic rings. The zero-order chi connectivity index (χ0) is 20.7. The van der Waals surface area contributed by atoms with E-state index in [-0.39, 0.29) is 23.8 Å². The summed E-state index contributed by atoms with van der Waals surface area (Å²) in [6.45, 7) is 9.65. The summed E-state index contributed by atoms with van der Waals surface area (Å²) < 4.78 is 5.35. The number of benzene rings is 1. The number of hydrogen-bond acceptors (Lipinski definition) is 7. The number of aliphatic hydroxyl groups is 1. The van der Waals surface area contributed by atoms with Crippen molar-refractivity contribution in [3.05, 3.63) is 63.5 Å². The van der Waals surface area contributed by atoms with Crippen LogP contribution in [0, 0.1) is 6.92 Å².